The first-order chi connectivity index (χ1) is 26.7. The van der Waals surface area contributed by atoms with E-state index in [9.17, 15) is 14.7 Å². The van der Waals surface area contributed by atoms with Crippen LogP contribution in [0.4, 0.5) is 5.82 Å². The number of aliphatic hydroxyl groups excluding tert-OH is 1. The molecule has 4 aliphatic heterocycles. The van der Waals surface area contributed by atoms with Crippen molar-refractivity contribution in [2.24, 2.45) is 9.98 Å². The number of amidine groups is 1. The highest BCUT2D eigenvalue weighted by Crippen LogP contribution is 2.30. The lowest BCUT2D eigenvalue weighted by atomic mass is 10.0. The molecule has 3 saturated heterocycles. The normalized spacial score (nSPS) is 21.8. The number of aldehydes is 1. The molecule has 1 aromatic rings. The maximum atomic E-state index is 12.6. The molecule has 1 atom stereocenters. The second kappa shape index (κ2) is 21.4. The number of halogens is 1. The van der Waals surface area contributed by atoms with Gasteiger partial charge in [-0.2, -0.15) is 5.12 Å². The first-order valence-corrected chi connectivity index (χ1v) is 22.3. The van der Waals surface area contributed by atoms with Crippen LogP contribution in [-0.2, 0) is 14.4 Å². The van der Waals surface area contributed by atoms with Gasteiger partial charge in [0.2, 0.25) is 0 Å². The van der Waals surface area contributed by atoms with Crippen LogP contribution in [-0.4, -0.2) is 187 Å². The molecule has 1 amide bonds. The van der Waals surface area contributed by atoms with E-state index >= 15 is 0 Å². The molecule has 2 spiro atoms. The summed E-state index contributed by atoms with van der Waals surface area (Å²) < 4.78 is 7.86. The average Bonchev–Trinajstić information content (AvgIpc) is 3.21. The lowest BCUT2D eigenvalue weighted by molar-refractivity contribution is -1.03. The van der Waals surface area contributed by atoms with Gasteiger partial charge in [0.25, 0.3) is 5.91 Å². The number of aromatic nitrogens is 2. The zero-order valence-corrected chi connectivity index (χ0v) is 35.3. The molecule has 16 nitrogen and oxygen atoms in total. The number of carbonyl (C=O) groups is 2. The Balaban J connectivity index is 1.13. The zero-order chi connectivity index (χ0) is 39.3. The van der Waals surface area contributed by atoms with Crippen LogP contribution in [0, 0.1) is 6.92 Å². The highest BCUT2D eigenvalue weighted by molar-refractivity contribution is 8.13. The fourth-order valence-electron chi connectivity index (χ4n) is 7.70. The molecule has 306 valence electrons. The number of amides is 1. The lowest BCUT2D eigenvalue weighted by Crippen LogP contribution is -2.73. The molecule has 5 rings (SSSR count). The number of aliphatic imine (C=N–C) groups is 2. The van der Waals surface area contributed by atoms with Crippen molar-refractivity contribution in [2.75, 3.05) is 128 Å². The van der Waals surface area contributed by atoms with E-state index in [1.165, 1.54) is 23.5 Å². The minimum Gasteiger partial charge on any atom is -0.386 e. The number of hydrogen-bond donors (Lipinski definition) is 3. The summed E-state index contributed by atoms with van der Waals surface area (Å²) in [7, 11) is 0. The topological polar surface area (TPSA) is 157 Å². The minimum absolute atomic E-state index is 0.218. The number of ether oxygens (including phenoxy) is 1. The molecule has 3 fully saturated rings. The Kier molecular flexibility index (Phi) is 17.0. The van der Waals surface area contributed by atoms with Crippen molar-refractivity contribution in [1.29, 1.82) is 0 Å². The number of aryl methyl sites for hydroxylation is 1. The third-order valence-electron chi connectivity index (χ3n) is 11.3. The minimum atomic E-state index is -0.706. The number of hydrazine groups is 2. The van der Waals surface area contributed by atoms with Crippen molar-refractivity contribution >= 4 is 64.0 Å². The third-order valence-corrected chi connectivity index (χ3v) is 12.7. The van der Waals surface area contributed by atoms with Crippen molar-refractivity contribution in [3.05, 3.63) is 23.0 Å². The van der Waals surface area contributed by atoms with Gasteiger partial charge in [-0.05, 0) is 39.2 Å². The zero-order valence-electron chi connectivity index (χ0n) is 32.9. The molecule has 0 aliphatic carbocycles. The van der Waals surface area contributed by atoms with Gasteiger partial charge < -0.3 is 23.7 Å². The molecule has 55 heavy (non-hydrogen) atoms. The first kappa shape index (κ1) is 43.7. The Morgan fingerprint density at radius 1 is 0.945 bits per heavy atom. The van der Waals surface area contributed by atoms with Crippen molar-refractivity contribution in [3.63, 3.8) is 0 Å². The quantitative estimate of drug-likeness (QED) is 0.0377. The van der Waals surface area contributed by atoms with E-state index in [-0.39, 0.29) is 12.8 Å². The largest absolute Gasteiger partial charge is 0.386 e. The van der Waals surface area contributed by atoms with Crippen molar-refractivity contribution < 1.29 is 33.2 Å². The number of nitrogens with one attached hydrogen (secondary N) is 2. The van der Waals surface area contributed by atoms with Gasteiger partial charge in [0.1, 0.15) is 44.8 Å². The van der Waals surface area contributed by atoms with E-state index in [1.807, 2.05) is 26.4 Å². The molecule has 1 aromatic heterocycles. The molecule has 0 bridgehead atoms. The lowest BCUT2D eigenvalue weighted by Gasteiger charge is -2.54. The number of nitrogens with zero attached hydrogens (tertiary/aromatic N) is 9. The number of unbranched alkanes of at least 4 members (excludes halogenated alkanes) is 3. The Labute approximate surface area is 339 Å². The van der Waals surface area contributed by atoms with Crippen molar-refractivity contribution in [1.82, 2.24) is 31.0 Å². The SMILES string of the molecule is CSC1=NC(N2CC[N+]3(CC2)CC[N+]2(CCN(c4nc(SC)nc(C)c4C=O)CC2)CC3)C(=CNN(NOCCOCCCCCCCl)C(=O)CO)C(C)=N1. The van der Waals surface area contributed by atoms with Gasteiger partial charge in [-0.25, -0.2) is 20.0 Å². The summed E-state index contributed by atoms with van der Waals surface area (Å²) in [6, 6.07) is 0. The highest BCUT2D eigenvalue weighted by Gasteiger charge is 2.46. The van der Waals surface area contributed by atoms with Gasteiger partial charge in [0, 0.05) is 30.0 Å². The fraction of sp³-hybridized carbons (Fsp3) is 0.722. The molecule has 1 unspecified atom stereocenters. The molecule has 4 aliphatic rings. The third kappa shape index (κ3) is 11.6. The Hall–Kier alpha value is -2.39. The number of piperazine rings is 3. The fourth-order valence-corrected chi connectivity index (χ4v) is 8.73. The van der Waals surface area contributed by atoms with Crippen molar-refractivity contribution in [3.8, 4) is 0 Å². The van der Waals surface area contributed by atoms with Crippen LogP contribution in [0.25, 0.3) is 0 Å². The number of thioether (sulfide) groups is 2. The van der Waals surface area contributed by atoms with E-state index < -0.39 is 12.5 Å². The van der Waals surface area contributed by atoms with Gasteiger partial charge in [-0.15, -0.1) is 11.6 Å². The molecule has 3 N–H and O–H groups in total. The molecule has 0 saturated carbocycles. The van der Waals surface area contributed by atoms with Gasteiger partial charge in [0.05, 0.1) is 76.8 Å². The van der Waals surface area contributed by atoms with Crippen LogP contribution < -0.4 is 15.9 Å². The summed E-state index contributed by atoms with van der Waals surface area (Å²) in [5.74, 6) is 0.855. The number of hydrogen-bond acceptors (Lipinski definition) is 15. The Morgan fingerprint density at radius 2 is 1.62 bits per heavy atom. The summed E-state index contributed by atoms with van der Waals surface area (Å²) in [5, 5.41) is 12.1. The van der Waals surface area contributed by atoms with Gasteiger partial charge in [-0.1, -0.05) is 42.0 Å². The number of anilines is 1. The molecule has 0 radical (unpaired) electrons. The number of alkyl halides is 1. The van der Waals surface area contributed by atoms with Crippen LogP contribution in [0.3, 0.4) is 0 Å². The summed E-state index contributed by atoms with van der Waals surface area (Å²) in [4.78, 5) is 53.7. The van der Waals surface area contributed by atoms with Gasteiger partial charge in [0.15, 0.2) is 16.6 Å². The number of aliphatic hydroxyl groups is 1. The van der Waals surface area contributed by atoms with E-state index in [0.29, 0.717) is 29.8 Å². The Bertz CT molecular complexity index is 1530. The Morgan fingerprint density at radius 3 is 2.24 bits per heavy atom. The van der Waals surface area contributed by atoms with Crippen LogP contribution in [0.15, 0.2) is 26.9 Å². The summed E-state index contributed by atoms with van der Waals surface area (Å²) in [6.45, 7) is 16.7. The predicted octanol–water partition coefficient (Wildman–Crippen LogP) is 2.08. The molecule has 0 aromatic carbocycles. The monoisotopic (exact) mass is 825 g/mol. The highest BCUT2D eigenvalue weighted by atomic mass is 35.5. The van der Waals surface area contributed by atoms with Crippen LogP contribution >= 0.6 is 35.1 Å². The van der Waals surface area contributed by atoms with Crippen LogP contribution in [0.1, 0.15) is 48.7 Å². The molecule has 19 heteroatoms. The number of carbonyl (C=O) groups excluding carboxylic acids is 2. The van der Waals surface area contributed by atoms with Crippen LogP contribution in [0.5, 0.6) is 0 Å². The summed E-state index contributed by atoms with van der Waals surface area (Å²) in [6.07, 6.45) is 10.5. The summed E-state index contributed by atoms with van der Waals surface area (Å²) in [5.41, 5.74) is 8.58. The maximum absolute atomic E-state index is 12.6. The molecular weight excluding hydrogens is 766 g/mol. The second-order valence-corrected chi connectivity index (χ2v) is 16.5. The maximum Gasteiger partial charge on any atom is 0.283 e. The van der Waals surface area contributed by atoms with Crippen LogP contribution in [0.2, 0.25) is 0 Å². The van der Waals surface area contributed by atoms with E-state index in [0.717, 1.165) is 153 Å². The summed E-state index contributed by atoms with van der Waals surface area (Å²) >= 11 is 8.75. The van der Waals surface area contributed by atoms with Gasteiger partial charge in [-0.3, -0.25) is 24.8 Å². The number of quaternary nitrogens is 2. The van der Waals surface area contributed by atoms with Gasteiger partial charge >= 0.3 is 0 Å². The van der Waals surface area contributed by atoms with E-state index in [4.69, 9.17) is 36.1 Å². The molecular formula is C36H60ClN11O5S2+2. The smallest absolute Gasteiger partial charge is 0.283 e. The molecule has 5 heterocycles. The van der Waals surface area contributed by atoms with E-state index in [2.05, 4.69) is 25.8 Å². The first-order valence-electron chi connectivity index (χ1n) is 19.3. The number of rotatable bonds is 18. The van der Waals surface area contributed by atoms with E-state index in [1.54, 1.807) is 6.20 Å². The predicted molar refractivity (Wildman–Crippen MR) is 219 cm³/mol. The second-order valence-electron chi connectivity index (χ2n) is 14.6. The average molecular weight is 827 g/mol. The van der Waals surface area contributed by atoms with Crippen molar-refractivity contribution in [2.45, 2.75) is 50.9 Å². The standard InChI is InChI=1S/C36H60ClN11O5S2/c1-28-30(25-38-46(32(51)27-50)43-53-24-23-52-22-8-6-5-7-9-37)33(41-35(39-28)54-3)44-10-14-47(15-11-44)18-20-48(21-19-47)16-12-45(13-17-48)34-31(26-49)29(2)40-36(42-34)55-4/h25-26,33,38,43,50H,5-24,27H2,1-4H3/q+2.